The second-order valence-corrected chi connectivity index (χ2v) is 5.92. The molecule has 0 aliphatic carbocycles. The van der Waals surface area contributed by atoms with Gasteiger partial charge in [0.05, 0.1) is 18.2 Å². The topological polar surface area (TPSA) is 64.8 Å². The SMILES string of the molecule is CC(C)(C)OC(=O)N1CCC12CCOCC2N. The summed E-state index contributed by atoms with van der Waals surface area (Å²) in [5.74, 6) is 0. The van der Waals surface area contributed by atoms with E-state index < -0.39 is 5.60 Å². The van der Waals surface area contributed by atoms with E-state index in [4.69, 9.17) is 15.2 Å². The highest BCUT2D eigenvalue weighted by Gasteiger charge is 2.53. The molecule has 1 amide bonds. The lowest BCUT2D eigenvalue weighted by molar-refractivity contribution is -0.103. The molecule has 5 heteroatoms. The van der Waals surface area contributed by atoms with Crippen molar-refractivity contribution in [3.8, 4) is 0 Å². The number of rotatable bonds is 0. The Morgan fingerprint density at radius 2 is 2.18 bits per heavy atom. The maximum absolute atomic E-state index is 12.1. The van der Waals surface area contributed by atoms with E-state index in [0.29, 0.717) is 13.2 Å². The van der Waals surface area contributed by atoms with Gasteiger partial charge in [0.15, 0.2) is 0 Å². The highest BCUT2D eigenvalue weighted by molar-refractivity contribution is 5.70. The Balaban J connectivity index is 2.04. The minimum absolute atomic E-state index is 0.0995. The second-order valence-electron chi connectivity index (χ2n) is 5.92. The van der Waals surface area contributed by atoms with Gasteiger partial charge in [-0.2, -0.15) is 0 Å². The number of amides is 1. The largest absolute Gasteiger partial charge is 0.444 e. The molecule has 2 saturated heterocycles. The summed E-state index contributed by atoms with van der Waals surface area (Å²) >= 11 is 0. The number of carbonyl (C=O) groups excluding carboxylic acids is 1. The average Bonchev–Trinajstić information content (AvgIpc) is 2.13. The van der Waals surface area contributed by atoms with Gasteiger partial charge in [0, 0.05) is 13.2 Å². The molecule has 0 saturated carbocycles. The van der Waals surface area contributed by atoms with Gasteiger partial charge in [-0.05, 0) is 33.6 Å². The first-order valence-electron chi connectivity index (χ1n) is 6.19. The summed E-state index contributed by atoms with van der Waals surface area (Å²) in [5, 5.41) is 0. The predicted molar refractivity (Wildman–Crippen MR) is 63.7 cm³/mol. The molecular weight excluding hydrogens is 220 g/mol. The Kier molecular flexibility index (Phi) is 3.08. The smallest absolute Gasteiger partial charge is 0.410 e. The third kappa shape index (κ3) is 2.26. The molecule has 5 nitrogen and oxygen atoms in total. The third-order valence-electron chi connectivity index (χ3n) is 3.59. The fraction of sp³-hybridized carbons (Fsp3) is 0.917. The van der Waals surface area contributed by atoms with Crippen molar-refractivity contribution in [2.45, 2.75) is 50.8 Å². The molecule has 0 radical (unpaired) electrons. The van der Waals surface area contributed by atoms with E-state index in [1.165, 1.54) is 0 Å². The van der Waals surface area contributed by atoms with Gasteiger partial charge in [-0.3, -0.25) is 0 Å². The zero-order valence-corrected chi connectivity index (χ0v) is 10.9. The van der Waals surface area contributed by atoms with E-state index in [-0.39, 0.29) is 17.7 Å². The lowest BCUT2D eigenvalue weighted by Gasteiger charge is -2.57. The molecule has 2 atom stereocenters. The van der Waals surface area contributed by atoms with Gasteiger partial charge >= 0.3 is 6.09 Å². The van der Waals surface area contributed by atoms with Gasteiger partial charge in [-0.15, -0.1) is 0 Å². The van der Waals surface area contributed by atoms with Crippen LogP contribution in [0.2, 0.25) is 0 Å². The number of hydrogen-bond acceptors (Lipinski definition) is 4. The predicted octanol–water partition coefficient (Wildman–Crippen LogP) is 1.11. The van der Waals surface area contributed by atoms with Crippen molar-refractivity contribution >= 4 is 6.09 Å². The first-order valence-corrected chi connectivity index (χ1v) is 6.19. The number of hydrogen-bond donors (Lipinski definition) is 1. The van der Waals surface area contributed by atoms with Gasteiger partial charge in [0.1, 0.15) is 5.60 Å². The molecule has 98 valence electrons. The Labute approximate surface area is 102 Å². The summed E-state index contributed by atoms with van der Waals surface area (Å²) < 4.78 is 10.7. The van der Waals surface area contributed by atoms with Crippen LogP contribution in [-0.2, 0) is 9.47 Å². The average molecular weight is 242 g/mol. The van der Waals surface area contributed by atoms with Crippen molar-refractivity contribution < 1.29 is 14.3 Å². The summed E-state index contributed by atoms with van der Waals surface area (Å²) in [6, 6.07) is -0.0995. The van der Waals surface area contributed by atoms with Crippen LogP contribution in [0.1, 0.15) is 33.6 Å². The van der Waals surface area contributed by atoms with Gasteiger partial charge in [0.2, 0.25) is 0 Å². The molecule has 2 rings (SSSR count). The number of ether oxygens (including phenoxy) is 2. The molecule has 2 aliphatic rings. The van der Waals surface area contributed by atoms with Crippen molar-refractivity contribution in [2.75, 3.05) is 19.8 Å². The standard InChI is InChI=1S/C12H22N2O3/c1-11(2,3)17-10(15)14-6-4-12(14)5-7-16-8-9(12)13/h9H,4-8,13H2,1-3H3. The van der Waals surface area contributed by atoms with Crippen molar-refractivity contribution in [1.29, 1.82) is 0 Å². The monoisotopic (exact) mass is 242 g/mol. The number of nitrogens with zero attached hydrogens (tertiary/aromatic N) is 1. The summed E-state index contributed by atoms with van der Waals surface area (Å²) in [5.41, 5.74) is 5.42. The molecule has 0 aromatic rings. The molecule has 17 heavy (non-hydrogen) atoms. The molecule has 0 bridgehead atoms. The normalized spacial score (nSPS) is 33.4. The zero-order chi connectivity index (χ0) is 12.7. The van der Waals surface area contributed by atoms with Crippen molar-refractivity contribution in [1.82, 2.24) is 4.90 Å². The van der Waals surface area contributed by atoms with Gasteiger partial charge < -0.3 is 20.1 Å². The Morgan fingerprint density at radius 1 is 1.47 bits per heavy atom. The Morgan fingerprint density at radius 3 is 2.65 bits per heavy atom. The maximum Gasteiger partial charge on any atom is 0.410 e. The van der Waals surface area contributed by atoms with E-state index in [2.05, 4.69) is 0 Å². The molecule has 2 aliphatic heterocycles. The maximum atomic E-state index is 12.1. The first kappa shape index (κ1) is 12.6. The van der Waals surface area contributed by atoms with Crippen molar-refractivity contribution in [3.63, 3.8) is 0 Å². The van der Waals surface area contributed by atoms with Crippen LogP contribution in [0.5, 0.6) is 0 Å². The third-order valence-corrected chi connectivity index (χ3v) is 3.59. The molecule has 1 spiro atoms. The zero-order valence-electron chi connectivity index (χ0n) is 10.9. The van der Waals surface area contributed by atoms with Crippen LogP contribution < -0.4 is 5.73 Å². The van der Waals surface area contributed by atoms with E-state index in [1.54, 1.807) is 4.90 Å². The fourth-order valence-electron chi connectivity index (χ4n) is 2.55. The van der Waals surface area contributed by atoms with Crippen LogP contribution >= 0.6 is 0 Å². The van der Waals surface area contributed by atoms with Crippen molar-refractivity contribution in [3.05, 3.63) is 0 Å². The van der Waals surface area contributed by atoms with E-state index in [9.17, 15) is 4.79 Å². The fourth-order valence-corrected chi connectivity index (χ4v) is 2.55. The van der Waals surface area contributed by atoms with E-state index in [1.807, 2.05) is 20.8 Å². The van der Waals surface area contributed by atoms with Crippen LogP contribution in [0.25, 0.3) is 0 Å². The molecule has 0 aromatic heterocycles. The van der Waals surface area contributed by atoms with Crippen LogP contribution in [0, 0.1) is 0 Å². The lowest BCUT2D eigenvalue weighted by Crippen LogP contribution is -2.73. The van der Waals surface area contributed by atoms with E-state index >= 15 is 0 Å². The van der Waals surface area contributed by atoms with Crippen LogP contribution in [0.4, 0.5) is 4.79 Å². The minimum atomic E-state index is -0.455. The summed E-state index contributed by atoms with van der Waals surface area (Å²) in [7, 11) is 0. The lowest BCUT2D eigenvalue weighted by atomic mass is 9.75. The van der Waals surface area contributed by atoms with Gasteiger partial charge in [0.25, 0.3) is 0 Å². The highest BCUT2D eigenvalue weighted by atomic mass is 16.6. The van der Waals surface area contributed by atoms with Gasteiger partial charge in [-0.1, -0.05) is 0 Å². The number of nitrogens with two attached hydrogens (primary N) is 1. The summed E-state index contributed by atoms with van der Waals surface area (Å²) in [6.07, 6.45) is 1.52. The van der Waals surface area contributed by atoms with Crippen molar-refractivity contribution in [2.24, 2.45) is 5.73 Å². The number of carbonyl (C=O) groups is 1. The van der Waals surface area contributed by atoms with Crippen LogP contribution in [0.15, 0.2) is 0 Å². The summed E-state index contributed by atoms with van der Waals surface area (Å²) in [4.78, 5) is 13.9. The summed E-state index contributed by atoms with van der Waals surface area (Å²) in [6.45, 7) is 7.57. The minimum Gasteiger partial charge on any atom is -0.444 e. The van der Waals surface area contributed by atoms with Crippen LogP contribution in [0.3, 0.4) is 0 Å². The van der Waals surface area contributed by atoms with Crippen LogP contribution in [-0.4, -0.2) is 47.9 Å². The second kappa shape index (κ2) is 4.14. The molecule has 2 heterocycles. The highest BCUT2D eigenvalue weighted by Crippen LogP contribution is 2.39. The molecule has 2 unspecified atom stereocenters. The quantitative estimate of drug-likeness (QED) is 0.691. The molecule has 2 fully saturated rings. The molecular formula is C12H22N2O3. The Hall–Kier alpha value is -0.810. The molecule has 2 N–H and O–H groups in total. The van der Waals surface area contributed by atoms with E-state index in [0.717, 1.165) is 19.4 Å². The Bertz CT molecular complexity index is 313. The molecule has 0 aromatic carbocycles. The number of likely N-dealkylation sites (tertiary alicyclic amines) is 1. The first-order chi connectivity index (χ1) is 7.85. The van der Waals surface area contributed by atoms with Gasteiger partial charge in [-0.25, -0.2) is 4.79 Å².